The first-order chi connectivity index (χ1) is 9.99. The molecule has 1 atom stereocenters. The van der Waals surface area contributed by atoms with E-state index in [1.54, 1.807) is 12.1 Å². The number of hydrogen-bond donors (Lipinski definition) is 2. The molecule has 1 heterocycles. The van der Waals surface area contributed by atoms with Crippen LogP contribution in [0, 0.1) is 0 Å². The van der Waals surface area contributed by atoms with Gasteiger partial charge in [0, 0.05) is 13.1 Å². The van der Waals surface area contributed by atoms with E-state index in [9.17, 15) is 9.90 Å². The molecular formula is C14H19BrN2O4. The Morgan fingerprint density at radius 3 is 2.81 bits per heavy atom. The van der Waals surface area contributed by atoms with E-state index in [4.69, 9.17) is 9.47 Å². The minimum absolute atomic E-state index is 0.467. The van der Waals surface area contributed by atoms with E-state index in [0.29, 0.717) is 41.3 Å². The van der Waals surface area contributed by atoms with Gasteiger partial charge in [0.05, 0.1) is 4.47 Å². The predicted molar refractivity (Wildman–Crippen MR) is 82.1 cm³/mol. The van der Waals surface area contributed by atoms with Crippen molar-refractivity contribution in [3.8, 4) is 11.5 Å². The normalized spacial score (nSPS) is 15.0. The summed E-state index contributed by atoms with van der Waals surface area (Å²) >= 11 is 3.41. The first kappa shape index (κ1) is 16.1. The molecule has 0 aromatic heterocycles. The van der Waals surface area contributed by atoms with Crippen molar-refractivity contribution in [2.75, 3.05) is 40.4 Å². The highest BCUT2D eigenvalue weighted by molar-refractivity contribution is 9.10. The summed E-state index contributed by atoms with van der Waals surface area (Å²) in [5, 5.41) is 12.5. The first-order valence-corrected chi connectivity index (χ1v) is 7.48. The van der Waals surface area contributed by atoms with Crippen LogP contribution < -0.4 is 14.8 Å². The highest BCUT2D eigenvalue weighted by atomic mass is 79.9. The number of hydrogen-bond acceptors (Lipinski definition) is 5. The Morgan fingerprint density at radius 1 is 1.43 bits per heavy atom. The van der Waals surface area contributed by atoms with Crippen molar-refractivity contribution in [2.45, 2.75) is 6.04 Å². The Bertz CT molecular complexity index is 522. The van der Waals surface area contributed by atoms with E-state index in [2.05, 4.69) is 21.2 Å². The van der Waals surface area contributed by atoms with Gasteiger partial charge in [-0.1, -0.05) is 0 Å². The molecule has 1 aromatic carbocycles. The number of ether oxygens (including phenoxy) is 2. The third-order valence-corrected chi connectivity index (χ3v) is 3.70. The van der Waals surface area contributed by atoms with Crippen LogP contribution in [0.4, 0.5) is 0 Å². The lowest BCUT2D eigenvalue weighted by Crippen LogP contribution is -2.34. The molecule has 0 radical (unpaired) electrons. The van der Waals surface area contributed by atoms with Gasteiger partial charge >= 0.3 is 5.97 Å². The number of carboxylic acids is 1. The largest absolute Gasteiger partial charge is 0.486 e. The summed E-state index contributed by atoms with van der Waals surface area (Å²) in [7, 11) is 3.89. The van der Waals surface area contributed by atoms with Crippen LogP contribution in [-0.4, -0.2) is 56.4 Å². The van der Waals surface area contributed by atoms with Crippen LogP contribution in [0.2, 0.25) is 0 Å². The third-order valence-electron chi connectivity index (χ3n) is 3.11. The summed E-state index contributed by atoms with van der Waals surface area (Å²) in [4.78, 5) is 13.5. The molecule has 0 saturated carbocycles. The SMILES string of the molecule is CN(C)CCNC(C(=O)O)c1cc(Br)c2c(c1)OCCO2. The fraction of sp³-hybridized carbons (Fsp3) is 0.500. The van der Waals surface area contributed by atoms with Crippen molar-refractivity contribution in [3.05, 3.63) is 22.2 Å². The van der Waals surface area contributed by atoms with E-state index in [-0.39, 0.29) is 0 Å². The van der Waals surface area contributed by atoms with E-state index in [0.717, 1.165) is 6.54 Å². The van der Waals surface area contributed by atoms with E-state index in [1.807, 2.05) is 19.0 Å². The molecule has 2 N–H and O–H groups in total. The molecule has 1 aromatic rings. The molecule has 1 aliphatic rings. The molecule has 0 amide bonds. The fourth-order valence-corrected chi connectivity index (χ4v) is 2.65. The number of fused-ring (bicyclic) bond motifs is 1. The Balaban J connectivity index is 2.20. The van der Waals surface area contributed by atoms with Crippen LogP contribution >= 0.6 is 15.9 Å². The standard InChI is InChI=1S/C14H19BrN2O4/c1-17(2)4-3-16-12(14(18)19)9-7-10(15)13-11(8-9)20-5-6-21-13/h7-8,12,16H,3-6H2,1-2H3,(H,18,19). The topological polar surface area (TPSA) is 71.0 Å². The second kappa shape index (κ2) is 7.11. The number of benzene rings is 1. The number of rotatable bonds is 6. The zero-order valence-electron chi connectivity index (χ0n) is 12.1. The summed E-state index contributed by atoms with van der Waals surface area (Å²) in [6.07, 6.45) is 0. The molecule has 116 valence electrons. The van der Waals surface area contributed by atoms with Crippen molar-refractivity contribution < 1.29 is 19.4 Å². The Morgan fingerprint density at radius 2 is 2.14 bits per heavy atom. The van der Waals surface area contributed by atoms with Gasteiger partial charge in [0.15, 0.2) is 11.5 Å². The van der Waals surface area contributed by atoms with Gasteiger partial charge in [0.1, 0.15) is 19.3 Å². The van der Waals surface area contributed by atoms with Crippen molar-refractivity contribution in [1.29, 1.82) is 0 Å². The van der Waals surface area contributed by atoms with Crippen LogP contribution in [0.5, 0.6) is 11.5 Å². The van der Waals surface area contributed by atoms with E-state index >= 15 is 0 Å². The Labute approximate surface area is 132 Å². The van der Waals surface area contributed by atoms with Crippen LogP contribution in [0.15, 0.2) is 16.6 Å². The number of likely N-dealkylation sites (N-methyl/N-ethyl adjacent to an activating group) is 1. The average Bonchev–Trinajstić information content (AvgIpc) is 2.43. The second-order valence-corrected chi connectivity index (χ2v) is 5.91. The number of aliphatic carboxylic acids is 1. The second-order valence-electron chi connectivity index (χ2n) is 5.06. The number of halogens is 1. The first-order valence-electron chi connectivity index (χ1n) is 6.69. The highest BCUT2D eigenvalue weighted by Gasteiger charge is 2.24. The Hall–Kier alpha value is -1.31. The number of carbonyl (C=O) groups is 1. The lowest BCUT2D eigenvalue weighted by molar-refractivity contribution is -0.139. The minimum Gasteiger partial charge on any atom is -0.486 e. The van der Waals surface area contributed by atoms with Crippen LogP contribution in [0.3, 0.4) is 0 Å². The molecule has 7 heteroatoms. The molecule has 0 spiro atoms. The molecule has 0 aliphatic carbocycles. The van der Waals surface area contributed by atoms with Crippen LogP contribution in [0.25, 0.3) is 0 Å². The summed E-state index contributed by atoms with van der Waals surface area (Å²) in [6, 6.07) is 2.70. The van der Waals surface area contributed by atoms with Crippen molar-refractivity contribution in [2.24, 2.45) is 0 Å². The quantitative estimate of drug-likeness (QED) is 0.802. The average molecular weight is 359 g/mol. The lowest BCUT2D eigenvalue weighted by Gasteiger charge is -2.23. The van der Waals surface area contributed by atoms with Gasteiger partial charge in [-0.3, -0.25) is 10.1 Å². The lowest BCUT2D eigenvalue weighted by atomic mass is 10.1. The van der Waals surface area contributed by atoms with Gasteiger partial charge in [-0.2, -0.15) is 0 Å². The summed E-state index contributed by atoms with van der Waals surface area (Å²) in [6.45, 7) is 2.30. The Kier molecular flexibility index (Phi) is 5.44. The molecule has 21 heavy (non-hydrogen) atoms. The summed E-state index contributed by atoms with van der Waals surface area (Å²) < 4.78 is 11.8. The molecule has 1 unspecified atom stereocenters. The van der Waals surface area contributed by atoms with Crippen molar-refractivity contribution in [1.82, 2.24) is 10.2 Å². The van der Waals surface area contributed by atoms with Gasteiger partial charge in [0.25, 0.3) is 0 Å². The molecule has 2 rings (SSSR count). The van der Waals surface area contributed by atoms with Crippen LogP contribution in [-0.2, 0) is 4.79 Å². The van der Waals surface area contributed by atoms with Crippen molar-refractivity contribution >= 4 is 21.9 Å². The predicted octanol–water partition coefficient (Wildman–Crippen LogP) is 1.50. The zero-order chi connectivity index (χ0) is 15.4. The fourth-order valence-electron chi connectivity index (χ4n) is 2.08. The number of carboxylic acid groups (broad SMARTS) is 1. The van der Waals surface area contributed by atoms with Crippen molar-refractivity contribution in [3.63, 3.8) is 0 Å². The van der Waals surface area contributed by atoms with Gasteiger partial charge in [-0.05, 0) is 47.7 Å². The zero-order valence-corrected chi connectivity index (χ0v) is 13.6. The molecular weight excluding hydrogens is 340 g/mol. The molecule has 6 nitrogen and oxygen atoms in total. The van der Waals surface area contributed by atoms with Crippen LogP contribution in [0.1, 0.15) is 11.6 Å². The van der Waals surface area contributed by atoms with Gasteiger partial charge in [-0.15, -0.1) is 0 Å². The third kappa shape index (κ3) is 4.09. The number of nitrogens with zero attached hydrogens (tertiary/aromatic N) is 1. The summed E-state index contributed by atoms with van der Waals surface area (Å²) in [5.41, 5.74) is 0.636. The summed E-state index contributed by atoms with van der Waals surface area (Å²) in [5.74, 6) is 0.283. The van der Waals surface area contributed by atoms with Gasteiger partial charge in [-0.25, -0.2) is 0 Å². The van der Waals surface area contributed by atoms with E-state index < -0.39 is 12.0 Å². The maximum Gasteiger partial charge on any atom is 0.325 e. The highest BCUT2D eigenvalue weighted by Crippen LogP contribution is 2.39. The molecule has 1 aliphatic heterocycles. The maximum absolute atomic E-state index is 11.5. The minimum atomic E-state index is -0.919. The van der Waals surface area contributed by atoms with Gasteiger partial charge < -0.3 is 19.5 Å². The van der Waals surface area contributed by atoms with E-state index in [1.165, 1.54) is 0 Å². The maximum atomic E-state index is 11.5. The van der Waals surface area contributed by atoms with Gasteiger partial charge in [0.2, 0.25) is 0 Å². The monoisotopic (exact) mass is 358 g/mol. The molecule has 0 saturated heterocycles. The molecule has 0 bridgehead atoms. The smallest absolute Gasteiger partial charge is 0.325 e. The number of nitrogens with one attached hydrogen (secondary N) is 1. The molecule has 0 fully saturated rings.